The summed E-state index contributed by atoms with van der Waals surface area (Å²) in [6.45, 7) is 0.710. The molecule has 1 heterocycles. The van der Waals surface area contributed by atoms with Gasteiger partial charge in [-0.15, -0.1) is 0 Å². The van der Waals surface area contributed by atoms with Crippen molar-refractivity contribution in [2.75, 3.05) is 11.9 Å². The molecule has 3 aliphatic rings. The van der Waals surface area contributed by atoms with Gasteiger partial charge < -0.3 is 15.5 Å². The van der Waals surface area contributed by atoms with Crippen molar-refractivity contribution in [1.29, 1.82) is 0 Å². The third kappa shape index (κ3) is 3.15. The molecule has 0 radical (unpaired) electrons. The first-order valence-electron chi connectivity index (χ1n) is 10.2. The molecular weight excluding hydrogens is 350 g/mol. The molecule has 5 heteroatoms. The van der Waals surface area contributed by atoms with Crippen LogP contribution in [0.1, 0.15) is 40.7 Å². The van der Waals surface area contributed by atoms with E-state index in [-0.39, 0.29) is 24.0 Å². The van der Waals surface area contributed by atoms with Crippen LogP contribution >= 0.6 is 0 Å². The van der Waals surface area contributed by atoms with E-state index >= 15 is 0 Å². The number of anilines is 1. The lowest BCUT2D eigenvalue weighted by atomic mass is 10.0. The van der Waals surface area contributed by atoms with Gasteiger partial charge in [-0.1, -0.05) is 24.3 Å². The molecule has 5 rings (SSSR count). The fourth-order valence-electron chi connectivity index (χ4n) is 5.07. The van der Waals surface area contributed by atoms with Gasteiger partial charge in [-0.05, 0) is 73.4 Å². The molecule has 5 nitrogen and oxygen atoms in total. The Balaban J connectivity index is 1.19. The summed E-state index contributed by atoms with van der Waals surface area (Å²) in [5.74, 6) is 0.315. The average Bonchev–Trinajstić information content (AvgIpc) is 3.43. The van der Waals surface area contributed by atoms with Crippen molar-refractivity contribution in [3.63, 3.8) is 0 Å². The maximum absolute atomic E-state index is 12.8. The minimum atomic E-state index is -0.0210. The third-order valence-electron chi connectivity index (χ3n) is 6.50. The van der Waals surface area contributed by atoms with Gasteiger partial charge in [-0.3, -0.25) is 4.79 Å². The SMILES string of the molecule is O=C(NC1CC2CC1CN2C(=O)Nc1ccc2c(c1)CCC2)c1ccccc1. The van der Waals surface area contributed by atoms with Crippen molar-refractivity contribution in [2.45, 2.75) is 44.2 Å². The van der Waals surface area contributed by atoms with Gasteiger partial charge >= 0.3 is 6.03 Å². The zero-order valence-corrected chi connectivity index (χ0v) is 15.9. The van der Waals surface area contributed by atoms with Gasteiger partial charge in [-0.2, -0.15) is 0 Å². The van der Waals surface area contributed by atoms with Gasteiger partial charge in [0, 0.05) is 29.9 Å². The number of fused-ring (bicyclic) bond motifs is 3. The largest absolute Gasteiger partial charge is 0.349 e. The minimum Gasteiger partial charge on any atom is -0.349 e. The predicted octanol–water partition coefficient (Wildman–Crippen LogP) is 3.60. The Morgan fingerprint density at radius 1 is 0.964 bits per heavy atom. The Morgan fingerprint density at radius 3 is 2.57 bits per heavy atom. The minimum absolute atomic E-state index is 0.0155. The lowest BCUT2D eigenvalue weighted by Crippen LogP contribution is -2.48. The quantitative estimate of drug-likeness (QED) is 0.861. The van der Waals surface area contributed by atoms with E-state index in [4.69, 9.17) is 0 Å². The van der Waals surface area contributed by atoms with Gasteiger partial charge in [0.15, 0.2) is 0 Å². The van der Waals surface area contributed by atoms with Gasteiger partial charge in [0.05, 0.1) is 0 Å². The fraction of sp³-hybridized carbons (Fsp3) is 0.391. The molecule has 2 N–H and O–H groups in total. The normalized spacial score (nSPS) is 24.9. The highest BCUT2D eigenvalue weighted by Crippen LogP contribution is 2.38. The second-order valence-electron chi connectivity index (χ2n) is 8.25. The molecule has 28 heavy (non-hydrogen) atoms. The number of nitrogens with zero attached hydrogens (tertiary/aromatic N) is 1. The number of rotatable bonds is 3. The van der Waals surface area contributed by atoms with Crippen LogP contribution in [-0.4, -0.2) is 35.5 Å². The first-order valence-corrected chi connectivity index (χ1v) is 10.2. The van der Waals surface area contributed by atoms with Crippen LogP contribution in [0.15, 0.2) is 48.5 Å². The van der Waals surface area contributed by atoms with E-state index in [0.29, 0.717) is 18.0 Å². The van der Waals surface area contributed by atoms with Gasteiger partial charge in [0.1, 0.15) is 0 Å². The number of aryl methyl sites for hydroxylation is 2. The van der Waals surface area contributed by atoms with Crippen LogP contribution in [0.25, 0.3) is 0 Å². The predicted molar refractivity (Wildman–Crippen MR) is 108 cm³/mol. The molecule has 0 aromatic heterocycles. The Bertz CT molecular complexity index is 911. The van der Waals surface area contributed by atoms with Crippen LogP contribution in [0.5, 0.6) is 0 Å². The van der Waals surface area contributed by atoms with E-state index in [2.05, 4.69) is 22.8 Å². The van der Waals surface area contributed by atoms with Crippen molar-refractivity contribution in [2.24, 2.45) is 5.92 Å². The zero-order chi connectivity index (χ0) is 19.1. The average molecular weight is 375 g/mol. The second-order valence-corrected chi connectivity index (χ2v) is 8.25. The number of nitrogens with one attached hydrogen (secondary N) is 2. The summed E-state index contributed by atoms with van der Waals surface area (Å²) in [6, 6.07) is 15.9. The summed E-state index contributed by atoms with van der Waals surface area (Å²) < 4.78 is 0. The Hall–Kier alpha value is -2.82. The number of carbonyl (C=O) groups excluding carboxylic acids is 2. The van der Waals surface area contributed by atoms with Crippen molar-refractivity contribution < 1.29 is 9.59 Å². The number of benzene rings is 2. The van der Waals surface area contributed by atoms with E-state index in [0.717, 1.165) is 31.4 Å². The summed E-state index contributed by atoms with van der Waals surface area (Å²) >= 11 is 0. The Kier molecular flexibility index (Phi) is 4.30. The van der Waals surface area contributed by atoms with Gasteiger partial charge in [-0.25, -0.2) is 4.79 Å². The molecule has 2 bridgehead atoms. The summed E-state index contributed by atoms with van der Waals surface area (Å²) in [4.78, 5) is 27.2. The Labute approximate surface area is 165 Å². The number of hydrogen-bond acceptors (Lipinski definition) is 2. The molecule has 2 aromatic rings. The molecule has 3 unspecified atom stereocenters. The summed E-state index contributed by atoms with van der Waals surface area (Å²) in [5, 5.41) is 6.25. The number of carbonyl (C=O) groups is 2. The van der Waals surface area contributed by atoms with Gasteiger partial charge in [0.2, 0.25) is 0 Å². The number of likely N-dealkylation sites (tertiary alicyclic amines) is 1. The van der Waals surface area contributed by atoms with Crippen LogP contribution in [0.2, 0.25) is 0 Å². The topological polar surface area (TPSA) is 61.4 Å². The monoisotopic (exact) mass is 375 g/mol. The van der Waals surface area contributed by atoms with E-state index < -0.39 is 0 Å². The third-order valence-corrected chi connectivity index (χ3v) is 6.50. The summed E-state index contributed by atoms with van der Waals surface area (Å²) in [5.41, 5.74) is 4.36. The van der Waals surface area contributed by atoms with E-state index in [1.807, 2.05) is 41.3 Å². The molecule has 1 saturated carbocycles. The maximum Gasteiger partial charge on any atom is 0.322 e. The number of hydrogen-bond donors (Lipinski definition) is 2. The van der Waals surface area contributed by atoms with Crippen LogP contribution in [-0.2, 0) is 12.8 Å². The van der Waals surface area contributed by atoms with Crippen LogP contribution in [0, 0.1) is 5.92 Å². The van der Waals surface area contributed by atoms with E-state index in [1.54, 1.807) is 0 Å². The first kappa shape index (κ1) is 17.3. The van der Waals surface area contributed by atoms with Gasteiger partial charge in [0.25, 0.3) is 5.91 Å². The number of amides is 3. The molecule has 3 atom stereocenters. The lowest BCUT2D eigenvalue weighted by molar-refractivity contribution is 0.0915. The highest BCUT2D eigenvalue weighted by molar-refractivity contribution is 5.94. The molecule has 2 fully saturated rings. The molecule has 2 aromatic carbocycles. The standard InChI is InChI=1S/C23H25N3O2/c27-22(16-5-2-1-3-6-16)25-21-13-20-12-18(21)14-26(20)23(28)24-19-10-9-15-7-4-8-17(15)11-19/h1-3,5-6,9-11,18,20-21H,4,7-8,12-14H2,(H,24,28)(H,25,27). The highest BCUT2D eigenvalue weighted by Gasteiger charge is 2.47. The summed E-state index contributed by atoms with van der Waals surface area (Å²) in [6.07, 6.45) is 5.27. The van der Waals surface area contributed by atoms with Crippen LogP contribution < -0.4 is 10.6 Å². The van der Waals surface area contributed by atoms with E-state index in [1.165, 1.54) is 17.5 Å². The molecule has 2 aliphatic carbocycles. The number of piperidine rings is 1. The van der Waals surface area contributed by atoms with Crippen molar-refractivity contribution in [1.82, 2.24) is 10.2 Å². The molecule has 3 amide bonds. The second kappa shape index (κ2) is 6.97. The fourth-order valence-corrected chi connectivity index (χ4v) is 5.07. The maximum atomic E-state index is 12.8. The van der Waals surface area contributed by atoms with Crippen molar-refractivity contribution >= 4 is 17.6 Å². The highest BCUT2D eigenvalue weighted by atomic mass is 16.2. The zero-order valence-electron chi connectivity index (χ0n) is 15.9. The molecule has 1 saturated heterocycles. The molecule has 0 spiro atoms. The summed E-state index contributed by atoms with van der Waals surface area (Å²) in [7, 11) is 0. The van der Waals surface area contributed by atoms with Crippen LogP contribution in [0.4, 0.5) is 10.5 Å². The first-order chi connectivity index (χ1) is 13.7. The molecule has 144 valence electrons. The molecule has 1 aliphatic heterocycles. The van der Waals surface area contributed by atoms with Crippen LogP contribution in [0.3, 0.4) is 0 Å². The molecular formula is C23H25N3O2. The van der Waals surface area contributed by atoms with Crippen molar-refractivity contribution in [3.05, 3.63) is 65.2 Å². The van der Waals surface area contributed by atoms with Crippen molar-refractivity contribution in [3.8, 4) is 0 Å². The lowest BCUT2D eigenvalue weighted by Gasteiger charge is -2.32. The smallest absolute Gasteiger partial charge is 0.322 e. The Morgan fingerprint density at radius 2 is 1.79 bits per heavy atom. The number of urea groups is 1. The van der Waals surface area contributed by atoms with E-state index in [9.17, 15) is 9.59 Å².